The molecule has 0 radical (unpaired) electrons. The van der Waals surface area contributed by atoms with Gasteiger partial charge in [0.1, 0.15) is 6.10 Å². The van der Waals surface area contributed by atoms with E-state index in [0.717, 1.165) is 11.1 Å². The molecule has 3 N–H and O–H groups in total. The molecule has 49 heavy (non-hydrogen) atoms. The first-order valence-electron chi connectivity index (χ1n) is 16.9. The molecule has 2 aromatic carbocycles. The van der Waals surface area contributed by atoms with Crippen LogP contribution in [0, 0.1) is 11.8 Å². The number of amides is 1. The highest BCUT2D eigenvalue weighted by Crippen LogP contribution is 2.49. The number of esters is 3. The lowest BCUT2D eigenvalue weighted by Gasteiger charge is -2.46. The Hall–Kier alpha value is -3.57. The lowest BCUT2D eigenvalue weighted by atomic mass is 9.97. The largest absolute Gasteiger partial charge is 0.466 e. The van der Waals surface area contributed by atoms with Crippen molar-refractivity contribution in [2.45, 2.75) is 105 Å². The Kier molecular flexibility index (Phi) is 17.1. The third kappa shape index (κ3) is 13.0. The second kappa shape index (κ2) is 20.2. The number of carbonyl (C=O) groups excluding carboxylic acids is 4. The molecule has 12 nitrogen and oxygen atoms in total. The summed E-state index contributed by atoms with van der Waals surface area (Å²) in [7, 11) is -5.24. The standard InChI is InChI=1S/C36H53N2O10P/c1-8-30(39)47-33(24(4)5)36(49(43,44)45)38(35(25(6)7)48-31(40)9-2)29(34(42)37-22-14-17-32(41)46-10-3)23-26-18-20-28(21-19-26)27-15-12-11-13-16-27/h11-13,15-16,18-21,24-25,29,33,35-36H,8-10,14,17,22-23H2,1-7H3,(H,37,42)(H2,43,44,45). The third-order valence-electron chi connectivity index (χ3n) is 7.88. The van der Waals surface area contributed by atoms with Gasteiger partial charge in [-0.3, -0.25) is 23.7 Å². The van der Waals surface area contributed by atoms with Gasteiger partial charge in [-0.15, -0.1) is 0 Å². The van der Waals surface area contributed by atoms with Gasteiger partial charge in [-0.2, -0.15) is 0 Å². The molecule has 272 valence electrons. The normalized spacial score (nSPS) is 14.2. The molecule has 4 unspecified atom stereocenters. The molecular weight excluding hydrogens is 651 g/mol. The zero-order valence-electron chi connectivity index (χ0n) is 29.7. The summed E-state index contributed by atoms with van der Waals surface area (Å²) < 4.78 is 30.1. The zero-order valence-corrected chi connectivity index (χ0v) is 30.6. The van der Waals surface area contributed by atoms with Gasteiger partial charge in [-0.1, -0.05) is 96.1 Å². The maximum absolute atomic E-state index is 14.3. The highest BCUT2D eigenvalue weighted by molar-refractivity contribution is 7.52. The molecule has 4 atom stereocenters. The minimum absolute atomic E-state index is 0.0261. The van der Waals surface area contributed by atoms with Crippen LogP contribution in [-0.2, 0) is 44.4 Å². The van der Waals surface area contributed by atoms with Crippen molar-refractivity contribution in [3.63, 3.8) is 0 Å². The molecule has 1 amide bonds. The van der Waals surface area contributed by atoms with E-state index in [2.05, 4.69) is 5.32 Å². The number of hydrogen-bond donors (Lipinski definition) is 3. The summed E-state index contributed by atoms with van der Waals surface area (Å²) >= 11 is 0. The van der Waals surface area contributed by atoms with Crippen LogP contribution in [0.1, 0.15) is 79.7 Å². The van der Waals surface area contributed by atoms with Gasteiger partial charge < -0.3 is 29.3 Å². The summed E-state index contributed by atoms with van der Waals surface area (Å²) in [4.78, 5) is 74.9. The van der Waals surface area contributed by atoms with Gasteiger partial charge in [0, 0.05) is 31.7 Å². The van der Waals surface area contributed by atoms with Gasteiger partial charge >= 0.3 is 25.5 Å². The predicted molar refractivity (Wildman–Crippen MR) is 186 cm³/mol. The van der Waals surface area contributed by atoms with E-state index >= 15 is 0 Å². The Labute approximate surface area is 290 Å². The van der Waals surface area contributed by atoms with Crippen molar-refractivity contribution in [2.75, 3.05) is 13.2 Å². The lowest BCUT2D eigenvalue weighted by molar-refractivity contribution is -0.180. The minimum atomic E-state index is -5.24. The summed E-state index contributed by atoms with van der Waals surface area (Å²) in [6.45, 7) is 11.9. The van der Waals surface area contributed by atoms with E-state index in [1.807, 2.05) is 54.6 Å². The fraction of sp³-hybridized carbons (Fsp3) is 0.556. The van der Waals surface area contributed by atoms with Crippen molar-refractivity contribution in [1.29, 1.82) is 0 Å². The zero-order chi connectivity index (χ0) is 36.7. The topological polar surface area (TPSA) is 169 Å². The smallest absolute Gasteiger partial charge is 0.346 e. The summed E-state index contributed by atoms with van der Waals surface area (Å²) in [5.74, 6) is -5.38. The first-order chi connectivity index (χ1) is 23.1. The van der Waals surface area contributed by atoms with Crippen molar-refractivity contribution >= 4 is 31.4 Å². The first kappa shape index (κ1) is 41.6. The molecule has 0 saturated heterocycles. The maximum Gasteiger partial charge on any atom is 0.346 e. The first-order valence-corrected chi connectivity index (χ1v) is 18.6. The quantitative estimate of drug-likeness (QED) is 0.0528. The summed E-state index contributed by atoms with van der Waals surface area (Å²) in [6, 6.07) is 15.8. The van der Waals surface area contributed by atoms with Gasteiger partial charge in [-0.25, -0.2) is 4.90 Å². The van der Waals surface area contributed by atoms with Crippen molar-refractivity contribution in [1.82, 2.24) is 10.2 Å². The van der Waals surface area contributed by atoms with Gasteiger partial charge in [0.25, 0.3) is 0 Å². The number of benzene rings is 2. The number of hydrogen-bond acceptors (Lipinski definition) is 9. The predicted octanol–water partition coefficient (Wildman–Crippen LogP) is 5.44. The van der Waals surface area contributed by atoms with E-state index in [0.29, 0.717) is 5.56 Å². The molecule has 0 fully saturated rings. The number of carbonyl (C=O) groups is 4. The van der Waals surface area contributed by atoms with E-state index in [1.54, 1.807) is 48.5 Å². The second-order valence-electron chi connectivity index (χ2n) is 12.5. The van der Waals surface area contributed by atoms with Crippen LogP contribution in [0.2, 0.25) is 0 Å². The SMILES string of the molecule is CCOC(=O)CCCNC(=O)C(Cc1ccc(-c2ccccc2)cc1)N(C(OC(=O)CC)C(C)C)C(C(OC(=O)CC)C(C)C)P(=O)(O)O. The van der Waals surface area contributed by atoms with Crippen LogP contribution < -0.4 is 5.32 Å². The van der Waals surface area contributed by atoms with Crippen molar-refractivity contribution in [3.05, 3.63) is 60.2 Å². The van der Waals surface area contributed by atoms with Gasteiger partial charge in [0.05, 0.1) is 12.6 Å². The summed E-state index contributed by atoms with van der Waals surface area (Å²) in [6.07, 6.45) is -2.49. The lowest BCUT2D eigenvalue weighted by Crippen LogP contribution is -2.62. The molecule has 0 bridgehead atoms. The van der Waals surface area contributed by atoms with E-state index in [9.17, 15) is 33.5 Å². The molecule has 2 aromatic rings. The van der Waals surface area contributed by atoms with Crippen molar-refractivity contribution in [3.8, 4) is 11.1 Å². The number of nitrogens with one attached hydrogen (secondary N) is 1. The van der Waals surface area contributed by atoms with Crippen LogP contribution in [0.4, 0.5) is 0 Å². The fourth-order valence-corrected chi connectivity index (χ4v) is 6.83. The molecule has 0 aliphatic rings. The molecule has 0 heterocycles. The second-order valence-corrected chi connectivity index (χ2v) is 14.2. The monoisotopic (exact) mass is 704 g/mol. The molecule has 0 spiro atoms. The van der Waals surface area contributed by atoms with Crippen LogP contribution in [-0.4, -0.2) is 75.8 Å². The average molecular weight is 705 g/mol. The fourth-order valence-electron chi connectivity index (χ4n) is 5.40. The van der Waals surface area contributed by atoms with Crippen LogP contribution in [0.3, 0.4) is 0 Å². The minimum Gasteiger partial charge on any atom is -0.466 e. The Balaban J connectivity index is 2.76. The van der Waals surface area contributed by atoms with Gasteiger partial charge in [-0.05, 0) is 42.4 Å². The molecule has 2 rings (SSSR count). The molecule has 0 saturated carbocycles. The number of nitrogens with zero attached hydrogens (tertiary/aromatic N) is 1. The van der Waals surface area contributed by atoms with E-state index in [-0.39, 0.29) is 45.3 Å². The van der Waals surface area contributed by atoms with Crippen LogP contribution in [0.5, 0.6) is 0 Å². The maximum atomic E-state index is 14.3. The summed E-state index contributed by atoms with van der Waals surface area (Å²) in [5.41, 5.74) is 2.58. The summed E-state index contributed by atoms with van der Waals surface area (Å²) in [5, 5.41) is 2.82. The highest BCUT2D eigenvalue weighted by atomic mass is 31.2. The third-order valence-corrected chi connectivity index (χ3v) is 9.13. The van der Waals surface area contributed by atoms with Gasteiger partial charge in [0.15, 0.2) is 12.0 Å². The van der Waals surface area contributed by atoms with Crippen molar-refractivity contribution in [2.24, 2.45) is 11.8 Å². The van der Waals surface area contributed by atoms with Crippen molar-refractivity contribution < 1.29 is 47.7 Å². The van der Waals surface area contributed by atoms with Crippen LogP contribution in [0.25, 0.3) is 11.1 Å². The van der Waals surface area contributed by atoms with Gasteiger partial charge in [0.2, 0.25) is 5.91 Å². The Morgan fingerprint density at radius 3 is 1.88 bits per heavy atom. The van der Waals surface area contributed by atoms with Crippen LogP contribution >= 0.6 is 7.60 Å². The molecule has 0 aliphatic heterocycles. The Morgan fingerprint density at radius 2 is 1.37 bits per heavy atom. The highest BCUT2D eigenvalue weighted by Gasteiger charge is 2.52. The number of ether oxygens (including phenoxy) is 3. The number of rotatable bonds is 20. The average Bonchev–Trinajstić information content (AvgIpc) is 3.06. The molecule has 13 heteroatoms. The van der Waals surface area contributed by atoms with E-state index < -0.39 is 67.4 Å². The van der Waals surface area contributed by atoms with E-state index in [1.165, 1.54) is 4.90 Å². The molecule has 0 aromatic heterocycles. The van der Waals surface area contributed by atoms with E-state index in [4.69, 9.17) is 14.2 Å². The Bertz CT molecular complexity index is 1390. The van der Waals surface area contributed by atoms with Crippen LogP contribution in [0.15, 0.2) is 54.6 Å². The molecular formula is C36H53N2O10P. The Morgan fingerprint density at radius 1 is 0.796 bits per heavy atom. The molecule has 0 aliphatic carbocycles.